The van der Waals surface area contributed by atoms with Crippen LogP contribution in [0.4, 0.5) is 0 Å². The molecule has 2 aliphatic rings. The van der Waals surface area contributed by atoms with E-state index < -0.39 is 0 Å². The summed E-state index contributed by atoms with van der Waals surface area (Å²) < 4.78 is 5.71. The van der Waals surface area contributed by atoms with Gasteiger partial charge >= 0.3 is 0 Å². The minimum atomic E-state index is 0.0580. The molecule has 132 valence electrons. The van der Waals surface area contributed by atoms with Crippen LogP contribution in [0.2, 0.25) is 0 Å². The zero-order chi connectivity index (χ0) is 16.8. The summed E-state index contributed by atoms with van der Waals surface area (Å²) in [6.07, 6.45) is 5.65. The SMILES string of the molecule is CCOC1CCN(C(=O)[C@H]2CCCCN2Cc2ccccc2)CC1. The Morgan fingerprint density at radius 2 is 1.83 bits per heavy atom. The topological polar surface area (TPSA) is 32.8 Å². The van der Waals surface area contributed by atoms with Crippen LogP contribution in [0.5, 0.6) is 0 Å². The van der Waals surface area contributed by atoms with Gasteiger partial charge in [-0.3, -0.25) is 9.69 Å². The Balaban J connectivity index is 1.59. The maximum Gasteiger partial charge on any atom is 0.239 e. The van der Waals surface area contributed by atoms with Gasteiger partial charge in [0.05, 0.1) is 12.1 Å². The first-order valence-electron chi connectivity index (χ1n) is 9.46. The van der Waals surface area contributed by atoms with Gasteiger partial charge in [0, 0.05) is 26.2 Å². The van der Waals surface area contributed by atoms with Crippen molar-refractivity contribution < 1.29 is 9.53 Å². The second-order valence-electron chi connectivity index (χ2n) is 6.95. The summed E-state index contributed by atoms with van der Waals surface area (Å²) in [4.78, 5) is 17.5. The van der Waals surface area contributed by atoms with E-state index in [0.29, 0.717) is 12.0 Å². The molecule has 2 heterocycles. The molecular weight excluding hydrogens is 300 g/mol. The van der Waals surface area contributed by atoms with Crippen LogP contribution in [-0.4, -0.2) is 54.1 Å². The third-order valence-corrected chi connectivity index (χ3v) is 5.28. The highest BCUT2D eigenvalue weighted by Gasteiger charge is 2.33. The lowest BCUT2D eigenvalue weighted by atomic mass is 9.98. The van der Waals surface area contributed by atoms with Gasteiger partial charge in [-0.15, -0.1) is 0 Å². The monoisotopic (exact) mass is 330 g/mol. The fraction of sp³-hybridized carbons (Fsp3) is 0.650. The van der Waals surface area contributed by atoms with Crippen LogP contribution < -0.4 is 0 Å². The predicted molar refractivity (Wildman–Crippen MR) is 95.7 cm³/mol. The molecule has 1 aromatic carbocycles. The molecule has 1 aromatic rings. The Morgan fingerprint density at radius 1 is 1.08 bits per heavy atom. The van der Waals surface area contributed by atoms with Gasteiger partial charge in [-0.25, -0.2) is 0 Å². The number of amides is 1. The van der Waals surface area contributed by atoms with Gasteiger partial charge in [-0.05, 0) is 44.7 Å². The highest BCUT2D eigenvalue weighted by atomic mass is 16.5. The molecule has 0 radical (unpaired) electrons. The van der Waals surface area contributed by atoms with Crippen molar-refractivity contribution in [3.63, 3.8) is 0 Å². The predicted octanol–water partition coefficient (Wildman–Crippen LogP) is 3.07. The van der Waals surface area contributed by atoms with E-state index in [9.17, 15) is 4.79 Å². The van der Waals surface area contributed by atoms with E-state index in [1.165, 1.54) is 12.0 Å². The van der Waals surface area contributed by atoms with Crippen LogP contribution in [-0.2, 0) is 16.1 Å². The summed E-state index contributed by atoms with van der Waals surface area (Å²) in [6, 6.07) is 10.6. The number of rotatable bonds is 5. The number of hydrogen-bond donors (Lipinski definition) is 0. The molecule has 0 bridgehead atoms. The van der Waals surface area contributed by atoms with E-state index >= 15 is 0 Å². The summed E-state index contributed by atoms with van der Waals surface area (Å²) in [5, 5.41) is 0. The Labute approximate surface area is 145 Å². The van der Waals surface area contributed by atoms with Crippen LogP contribution in [0.1, 0.15) is 44.6 Å². The number of carbonyl (C=O) groups excluding carboxylic acids is 1. The van der Waals surface area contributed by atoms with Gasteiger partial charge in [-0.1, -0.05) is 36.8 Å². The molecule has 3 rings (SSSR count). The zero-order valence-electron chi connectivity index (χ0n) is 14.8. The van der Waals surface area contributed by atoms with Crippen LogP contribution in [0, 0.1) is 0 Å². The zero-order valence-corrected chi connectivity index (χ0v) is 14.8. The summed E-state index contributed by atoms with van der Waals surface area (Å²) >= 11 is 0. The first-order chi connectivity index (χ1) is 11.8. The summed E-state index contributed by atoms with van der Waals surface area (Å²) in [5.74, 6) is 0.334. The van der Waals surface area contributed by atoms with Crippen molar-refractivity contribution in [2.75, 3.05) is 26.2 Å². The van der Waals surface area contributed by atoms with Crippen molar-refractivity contribution in [3.8, 4) is 0 Å². The van der Waals surface area contributed by atoms with E-state index in [1.807, 2.05) is 13.0 Å². The fourth-order valence-corrected chi connectivity index (χ4v) is 3.97. The third kappa shape index (κ3) is 4.37. The Morgan fingerprint density at radius 3 is 2.54 bits per heavy atom. The van der Waals surface area contributed by atoms with Crippen molar-refractivity contribution in [2.24, 2.45) is 0 Å². The Kier molecular flexibility index (Phi) is 6.27. The number of carbonyl (C=O) groups is 1. The van der Waals surface area contributed by atoms with E-state index in [0.717, 1.165) is 58.5 Å². The third-order valence-electron chi connectivity index (χ3n) is 5.28. The van der Waals surface area contributed by atoms with Crippen LogP contribution in [0.15, 0.2) is 30.3 Å². The van der Waals surface area contributed by atoms with Crippen LogP contribution in [0.25, 0.3) is 0 Å². The lowest BCUT2D eigenvalue weighted by Gasteiger charge is -2.40. The molecule has 0 unspecified atom stereocenters. The number of hydrogen-bond acceptors (Lipinski definition) is 3. The van der Waals surface area contributed by atoms with E-state index in [4.69, 9.17) is 4.74 Å². The van der Waals surface area contributed by atoms with Gasteiger partial charge < -0.3 is 9.64 Å². The van der Waals surface area contributed by atoms with E-state index in [1.54, 1.807) is 0 Å². The van der Waals surface area contributed by atoms with Gasteiger partial charge in [0.25, 0.3) is 0 Å². The van der Waals surface area contributed by atoms with Gasteiger partial charge in [0.2, 0.25) is 5.91 Å². The number of benzene rings is 1. The molecule has 2 saturated heterocycles. The molecule has 0 spiro atoms. The number of likely N-dealkylation sites (tertiary alicyclic amines) is 2. The molecule has 4 nitrogen and oxygen atoms in total. The van der Waals surface area contributed by atoms with Gasteiger partial charge in [-0.2, -0.15) is 0 Å². The van der Waals surface area contributed by atoms with Gasteiger partial charge in [0.1, 0.15) is 0 Å². The number of piperidine rings is 2. The lowest BCUT2D eigenvalue weighted by molar-refractivity contribution is -0.141. The molecule has 24 heavy (non-hydrogen) atoms. The fourth-order valence-electron chi connectivity index (χ4n) is 3.97. The minimum absolute atomic E-state index is 0.0580. The van der Waals surface area contributed by atoms with Crippen LogP contribution >= 0.6 is 0 Å². The van der Waals surface area contributed by atoms with Crippen molar-refractivity contribution in [1.29, 1.82) is 0 Å². The van der Waals surface area contributed by atoms with E-state index in [2.05, 4.69) is 34.1 Å². The van der Waals surface area contributed by atoms with Crippen molar-refractivity contribution in [1.82, 2.24) is 9.80 Å². The minimum Gasteiger partial charge on any atom is -0.378 e. The van der Waals surface area contributed by atoms with Crippen molar-refractivity contribution in [3.05, 3.63) is 35.9 Å². The largest absolute Gasteiger partial charge is 0.378 e. The average Bonchev–Trinajstić information content (AvgIpc) is 2.63. The maximum atomic E-state index is 13.1. The standard InChI is InChI=1S/C20H30N2O2/c1-2-24-18-11-14-21(15-12-18)20(23)19-10-6-7-13-22(19)16-17-8-4-3-5-9-17/h3-5,8-9,18-19H,2,6-7,10-16H2,1H3/t19-/m1/s1. The smallest absolute Gasteiger partial charge is 0.239 e. The molecule has 0 saturated carbocycles. The Hall–Kier alpha value is -1.39. The molecule has 1 amide bonds. The molecular formula is C20H30N2O2. The van der Waals surface area contributed by atoms with Crippen molar-refractivity contribution >= 4 is 5.91 Å². The van der Waals surface area contributed by atoms with Crippen molar-refractivity contribution in [2.45, 2.75) is 57.7 Å². The van der Waals surface area contributed by atoms with Gasteiger partial charge in [0.15, 0.2) is 0 Å². The normalized spacial score (nSPS) is 23.4. The maximum absolute atomic E-state index is 13.1. The highest BCUT2D eigenvalue weighted by molar-refractivity contribution is 5.82. The Bertz CT molecular complexity index is 512. The second-order valence-corrected chi connectivity index (χ2v) is 6.95. The molecule has 4 heteroatoms. The molecule has 0 aliphatic carbocycles. The first kappa shape index (κ1) is 17.4. The quantitative estimate of drug-likeness (QED) is 0.832. The molecule has 2 aliphatic heterocycles. The average molecular weight is 330 g/mol. The van der Waals surface area contributed by atoms with E-state index in [-0.39, 0.29) is 6.04 Å². The molecule has 0 aromatic heterocycles. The highest BCUT2D eigenvalue weighted by Crippen LogP contribution is 2.23. The first-order valence-corrected chi connectivity index (χ1v) is 9.46. The summed E-state index contributed by atoms with van der Waals surface area (Å²) in [7, 11) is 0. The summed E-state index contributed by atoms with van der Waals surface area (Å²) in [6.45, 7) is 6.42. The van der Waals surface area contributed by atoms with Crippen LogP contribution in [0.3, 0.4) is 0 Å². The molecule has 0 N–H and O–H groups in total. The lowest BCUT2D eigenvalue weighted by Crippen LogP contribution is -2.52. The number of nitrogens with zero attached hydrogens (tertiary/aromatic N) is 2. The number of ether oxygens (including phenoxy) is 1. The molecule has 1 atom stereocenters. The molecule has 2 fully saturated rings. The second kappa shape index (κ2) is 8.63. The summed E-state index contributed by atoms with van der Waals surface area (Å²) in [5.41, 5.74) is 1.30.